The molecule has 1 aliphatic rings. The van der Waals surface area contributed by atoms with Gasteiger partial charge in [0, 0.05) is 5.41 Å². The van der Waals surface area contributed by atoms with Crippen molar-refractivity contribution >= 4 is 0 Å². The van der Waals surface area contributed by atoms with E-state index in [9.17, 15) is 0 Å². The molecule has 0 aromatic carbocycles. The van der Waals surface area contributed by atoms with E-state index in [0.717, 1.165) is 24.7 Å². The Morgan fingerprint density at radius 2 is 2.13 bits per heavy atom. The lowest BCUT2D eigenvalue weighted by atomic mass is 9.96. The second-order valence-electron chi connectivity index (χ2n) is 5.21. The van der Waals surface area contributed by atoms with Crippen molar-refractivity contribution in [2.75, 3.05) is 6.54 Å². The molecule has 0 radical (unpaired) electrons. The first-order valence-corrected chi connectivity index (χ1v) is 5.65. The van der Waals surface area contributed by atoms with Crippen molar-refractivity contribution in [3.8, 4) is 0 Å². The Morgan fingerprint density at radius 3 is 2.67 bits per heavy atom. The maximum atomic E-state index is 5.31. The molecule has 0 saturated carbocycles. The van der Waals surface area contributed by atoms with Crippen LogP contribution in [0.15, 0.2) is 4.52 Å². The van der Waals surface area contributed by atoms with E-state index in [4.69, 9.17) is 4.52 Å². The van der Waals surface area contributed by atoms with E-state index in [-0.39, 0.29) is 11.5 Å². The van der Waals surface area contributed by atoms with E-state index >= 15 is 0 Å². The summed E-state index contributed by atoms with van der Waals surface area (Å²) in [5, 5.41) is 7.44. The van der Waals surface area contributed by atoms with Crippen LogP contribution in [-0.2, 0) is 5.41 Å². The molecule has 1 fully saturated rings. The second kappa shape index (κ2) is 3.93. The summed E-state index contributed by atoms with van der Waals surface area (Å²) in [5.41, 5.74) is -0.0313. The largest absolute Gasteiger partial charge is 0.338 e. The highest BCUT2D eigenvalue weighted by atomic mass is 16.5. The third-order valence-electron chi connectivity index (χ3n) is 2.72. The third-order valence-corrected chi connectivity index (χ3v) is 2.72. The second-order valence-corrected chi connectivity index (χ2v) is 5.21. The highest BCUT2D eigenvalue weighted by Crippen LogP contribution is 2.24. The zero-order valence-electron chi connectivity index (χ0n) is 9.71. The van der Waals surface area contributed by atoms with Gasteiger partial charge >= 0.3 is 0 Å². The summed E-state index contributed by atoms with van der Waals surface area (Å²) in [4.78, 5) is 4.46. The number of hydrogen-bond acceptors (Lipinski definition) is 4. The van der Waals surface area contributed by atoms with Crippen molar-refractivity contribution in [3.05, 3.63) is 11.7 Å². The summed E-state index contributed by atoms with van der Waals surface area (Å²) in [7, 11) is 0. The first-order valence-electron chi connectivity index (χ1n) is 5.65. The summed E-state index contributed by atoms with van der Waals surface area (Å²) in [6.07, 6.45) is 3.59. The van der Waals surface area contributed by atoms with E-state index in [2.05, 4.69) is 36.2 Å². The zero-order valence-corrected chi connectivity index (χ0v) is 9.71. The molecular weight excluding hydrogens is 190 g/mol. The molecule has 4 heteroatoms. The topological polar surface area (TPSA) is 51.0 Å². The molecule has 1 unspecified atom stereocenters. The van der Waals surface area contributed by atoms with Gasteiger partial charge in [-0.15, -0.1) is 0 Å². The number of nitrogens with zero attached hydrogens (tertiary/aromatic N) is 2. The fraction of sp³-hybridized carbons (Fsp3) is 0.818. The van der Waals surface area contributed by atoms with Gasteiger partial charge in [-0.05, 0) is 19.4 Å². The molecule has 1 N–H and O–H groups in total. The van der Waals surface area contributed by atoms with Crippen LogP contribution in [0.1, 0.15) is 57.8 Å². The molecule has 0 amide bonds. The van der Waals surface area contributed by atoms with Gasteiger partial charge in [-0.1, -0.05) is 32.3 Å². The van der Waals surface area contributed by atoms with Crippen LogP contribution in [0, 0.1) is 0 Å². The average Bonchev–Trinajstić information content (AvgIpc) is 2.67. The molecular formula is C11H19N3O. The average molecular weight is 209 g/mol. The van der Waals surface area contributed by atoms with Crippen molar-refractivity contribution in [2.24, 2.45) is 0 Å². The van der Waals surface area contributed by atoms with Crippen LogP contribution < -0.4 is 5.32 Å². The van der Waals surface area contributed by atoms with Crippen molar-refractivity contribution in [1.82, 2.24) is 15.5 Å². The summed E-state index contributed by atoms with van der Waals surface area (Å²) in [6.45, 7) is 7.33. The first kappa shape index (κ1) is 10.6. The monoisotopic (exact) mass is 209 g/mol. The molecule has 15 heavy (non-hydrogen) atoms. The Hall–Kier alpha value is -0.900. The molecule has 0 bridgehead atoms. The Bertz CT molecular complexity index is 321. The predicted octanol–water partition coefficient (Wildman–Crippen LogP) is 2.18. The maximum absolute atomic E-state index is 5.31. The van der Waals surface area contributed by atoms with Crippen molar-refractivity contribution in [1.29, 1.82) is 0 Å². The van der Waals surface area contributed by atoms with Gasteiger partial charge in [0.1, 0.15) is 0 Å². The highest BCUT2D eigenvalue weighted by molar-refractivity contribution is 5.02. The van der Waals surface area contributed by atoms with Crippen LogP contribution in [0.25, 0.3) is 0 Å². The molecule has 84 valence electrons. The third kappa shape index (κ3) is 2.37. The van der Waals surface area contributed by atoms with Crippen LogP contribution in [0.4, 0.5) is 0 Å². The normalized spacial score (nSPS) is 23.0. The molecule has 1 saturated heterocycles. The van der Waals surface area contributed by atoms with E-state index < -0.39 is 0 Å². The number of aromatic nitrogens is 2. The van der Waals surface area contributed by atoms with Gasteiger partial charge in [-0.2, -0.15) is 4.98 Å². The summed E-state index contributed by atoms with van der Waals surface area (Å²) >= 11 is 0. The van der Waals surface area contributed by atoms with E-state index in [1.807, 2.05) is 0 Å². The Kier molecular flexibility index (Phi) is 2.78. The van der Waals surface area contributed by atoms with Gasteiger partial charge in [-0.3, -0.25) is 0 Å². The first-order chi connectivity index (χ1) is 7.07. The lowest BCUT2D eigenvalue weighted by molar-refractivity contribution is 0.294. The van der Waals surface area contributed by atoms with Gasteiger partial charge in [0.2, 0.25) is 5.89 Å². The predicted molar refractivity (Wildman–Crippen MR) is 57.6 cm³/mol. The van der Waals surface area contributed by atoms with Crippen LogP contribution in [-0.4, -0.2) is 16.7 Å². The molecule has 4 nitrogen and oxygen atoms in total. The molecule has 0 aliphatic carbocycles. The van der Waals surface area contributed by atoms with Crippen molar-refractivity contribution in [3.63, 3.8) is 0 Å². The fourth-order valence-electron chi connectivity index (χ4n) is 1.74. The smallest absolute Gasteiger partial charge is 0.243 e. The van der Waals surface area contributed by atoms with Crippen molar-refractivity contribution < 1.29 is 4.52 Å². The number of rotatable bonds is 1. The van der Waals surface area contributed by atoms with Gasteiger partial charge in [0.25, 0.3) is 0 Å². The number of hydrogen-bond donors (Lipinski definition) is 1. The van der Waals surface area contributed by atoms with E-state index in [1.165, 1.54) is 12.8 Å². The lowest BCUT2D eigenvalue weighted by Gasteiger charge is -2.19. The minimum atomic E-state index is -0.0313. The van der Waals surface area contributed by atoms with Crippen LogP contribution in [0.3, 0.4) is 0 Å². The molecule has 1 aromatic heterocycles. The molecule has 0 spiro atoms. The summed E-state index contributed by atoms with van der Waals surface area (Å²) in [5.74, 6) is 1.55. The molecule has 1 atom stereocenters. The summed E-state index contributed by atoms with van der Waals surface area (Å²) in [6, 6.07) is 0.266. The Balaban J connectivity index is 2.12. The lowest BCUT2D eigenvalue weighted by Crippen LogP contribution is -2.27. The fourth-order valence-corrected chi connectivity index (χ4v) is 1.74. The van der Waals surface area contributed by atoms with E-state index in [0.29, 0.717) is 0 Å². The standard InChI is InChI=1S/C11H19N3O/c1-11(2,3)10-13-9(15-14-10)8-6-4-5-7-12-8/h8,12H,4-7H2,1-3H3. The molecule has 2 heterocycles. The van der Waals surface area contributed by atoms with Crippen molar-refractivity contribution in [2.45, 2.75) is 51.5 Å². The van der Waals surface area contributed by atoms with Gasteiger partial charge in [-0.25, -0.2) is 0 Å². The van der Waals surface area contributed by atoms with Gasteiger partial charge in [0.05, 0.1) is 6.04 Å². The zero-order chi connectivity index (χ0) is 10.9. The quantitative estimate of drug-likeness (QED) is 0.770. The van der Waals surface area contributed by atoms with Crippen LogP contribution in [0.5, 0.6) is 0 Å². The van der Waals surface area contributed by atoms with Gasteiger partial charge < -0.3 is 9.84 Å². The van der Waals surface area contributed by atoms with Crippen LogP contribution in [0.2, 0.25) is 0 Å². The number of nitrogens with one attached hydrogen (secondary N) is 1. The Morgan fingerprint density at radius 1 is 1.33 bits per heavy atom. The van der Waals surface area contributed by atoms with E-state index in [1.54, 1.807) is 0 Å². The molecule has 1 aliphatic heterocycles. The maximum Gasteiger partial charge on any atom is 0.243 e. The highest BCUT2D eigenvalue weighted by Gasteiger charge is 2.25. The minimum Gasteiger partial charge on any atom is -0.338 e. The number of piperidine rings is 1. The minimum absolute atomic E-state index is 0.0313. The van der Waals surface area contributed by atoms with Gasteiger partial charge in [0.15, 0.2) is 5.82 Å². The SMILES string of the molecule is CC(C)(C)c1noc(C2CCCCN2)n1. The Labute approximate surface area is 90.4 Å². The summed E-state index contributed by atoms with van der Waals surface area (Å²) < 4.78 is 5.31. The van der Waals surface area contributed by atoms with Crippen LogP contribution >= 0.6 is 0 Å². The molecule has 2 rings (SSSR count). The molecule has 1 aromatic rings.